The number of aliphatic hydroxyl groups is 1. The van der Waals surface area contributed by atoms with Gasteiger partial charge in [-0.15, -0.1) is 0 Å². The molecule has 3 fully saturated rings. The van der Waals surface area contributed by atoms with Crippen LogP contribution in [0.1, 0.15) is 55.2 Å². The molecule has 5 nitrogen and oxygen atoms in total. The Morgan fingerprint density at radius 2 is 1.79 bits per heavy atom. The predicted octanol–water partition coefficient (Wildman–Crippen LogP) is 3.53. The first-order valence-electron chi connectivity index (χ1n) is 13.0. The van der Waals surface area contributed by atoms with Crippen molar-refractivity contribution in [3.05, 3.63) is 59.4 Å². The summed E-state index contributed by atoms with van der Waals surface area (Å²) < 4.78 is 0. The van der Waals surface area contributed by atoms with Gasteiger partial charge in [0.05, 0.1) is 5.60 Å². The maximum atomic E-state index is 12.5. The molecule has 2 aliphatic heterocycles. The zero-order valence-corrected chi connectivity index (χ0v) is 19.6. The topological polar surface area (TPSA) is 59.8 Å². The average Bonchev–Trinajstić information content (AvgIpc) is 3.65. The van der Waals surface area contributed by atoms with E-state index in [1.165, 1.54) is 29.5 Å². The highest BCUT2D eigenvalue weighted by Gasteiger charge is 2.63. The Morgan fingerprint density at radius 3 is 2.61 bits per heavy atom. The van der Waals surface area contributed by atoms with Crippen molar-refractivity contribution in [3.63, 3.8) is 0 Å². The van der Waals surface area contributed by atoms with E-state index in [-0.39, 0.29) is 11.5 Å². The molecule has 0 spiro atoms. The third kappa shape index (κ3) is 3.78. The number of likely N-dealkylation sites (tertiary alicyclic amines) is 2. The van der Waals surface area contributed by atoms with E-state index in [4.69, 9.17) is 0 Å². The highest BCUT2D eigenvalue weighted by molar-refractivity contribution is 5.48. The van der Waals surface area contributed by atoms with Gasteiger partial charge >= 0.3 is 0 Å². The smallest absolute Gasteiger partial charge is 0.115 e. The number of rotatable bonds is 6. The lowest BCUT2D eigenvalue weighted by Crippen LogP contribution is -2.71. The summed E-state index contributed by atoms with van der Waals surface area (Å²) >= 11 is 0. The Kier molecular flexibility index (Phi) is 5.47. The minimum Gasteiger partial charge on any atom is -0.508 e. The number of aromatic nitrogens is 1. The number of benzene rings is 1. The summed E-state index contributed by atoms with van der Waals surface area (Å²) in [4.78, 5) is 9.34. The zero-order chi connectivity index (χ0) is 22.5. The molecule has 1 aromatic carbocycles. The van der Waals surface area contributed by atoms with Crippen LogP contribution in [0.15, 0.2) is 42.7 Å². The first kappa shape index (κ1) is 21.6. The average molecular weight is 448 g/mol. The molecule has 2 N–H and O–H groups in total. The lowest BCUT2D eigenvalue weighted by molar-refractivity contribution is -0.149. The van der Waals surface area contributed by atoms with Crippen LogP contribution in [0.4, 0.5) is 0 Å². The van der Waals surface area contributed by atoms with Crippen LogP contribution < -0.4 is 0 Å². The summed E-state index contributed by atoms with van der Waals surface area (Å²) in [6.45, 7) is 5.25. The number of piperidine rings is 1. The Labute approximate surface area is 197 Å². The van der Waals surface area contributed by atoms with Crippen LogP contribution in [0.25, 0.3) is 0 Å². The molecule has 0 amide bonds. The molecule has 2 aromatic rings. The monoisotopic (exact) mass is 447 g/mol. The fraction of sp³-hybridized carbons (Fsp3) is 0.607. The number of hydrogen-bond donors (Lipinski definition) is 2. The number of pyridine rings is 1. The zero-order valence-electron chi connectivity index (χ0n) is 19.6. The van der Waals surface area contributed by atoms with E-state index in [2.05, 4.69) is 33.0 Å². The Balaban J connectivity index is 1.26. The summed E-state index contributed by atoms with van der Waals surface area (Å²) in [5, 5.41) is 22.9. The standard InChI is InChI=1S/C28H37N3O2/c32-24-6-5-23-18-26-28(33)11-16-30(14-1-2-21-7-12-29-13-8-21)15-9-27(28,25(23)19-24)10-17-31(26)20-22-3-4-22/h5-8,12-13,19,22,26,32-33H,1-4,9-11,14-18,20H2. The molecule has 2 saturated heterocycles. The summed E-state index contributed by atoms with van der Waals surface area (Å²) in [6, 6.07) is 10.4. The Hall–Kier alpha value is -1.95. The van der Waals surface area contributed by atoms with Crippen LogP contribution in [-0.4, -0.2) is 69.4 Å². The van der Waals surface area contributed by atoms with Gasteiger partial charge in [-0.25, -0.2) is 0 Å². The number of fused-ring (bicyclic) bond motifs is 1. The van der Waals surface area contributed by atoms with Gasteiger partial charge in [-0.1, -0.05) is 6.07 Å². The van der Waals surface area contributed by atoms with E-state index >= 15 is 0 Å². The first-order valence-corrected chi connectivity index (χ1v) is 13.0. The van der Waals surface area contributed by atoms with Gasteiger partial charge in [0.2, 0.25) is 0 Å². The third-order valence-corrected chi connectivity index (χ3v) is 9.21. The van der Waals surface area contributed by atoms with Gasteiger partial charge in [0.1, 0.15) is 5.75 Å². The minimum atomic E-state index is -0.721. The number of phenols is 1. The molecule has 0 radical (unpaired) electrons. The van der Waals surface area contributed by atoms with Gasteiger partial charge in [-0.05, 0) is 118 Å². The molecule has 3 atom stereocenters. The number of aryl methyl sites for hydroxylation is 1. The van der Waals surface area contributed by atoms with Gasteiger partial charge in [0.15, 0.2) is 0 Å². The van der Waals surface area contributed by atoms with Gasteiger partial charge in [-0.2, -0.15) is 0 Å². The fourth-order valence-electron chi connectivity index (χ4n) is 7.19. The predicted molar refractivity (Wildman–Crippen MR) is 129 cm³/mol. The second-order valence-corrected chi connectivity index (χ2v) is 11.1. The van der Waals surface area contributed by atoms with E-state index in [0.717, 1.165) is 77.2 Å². The van der Waals surface area contributed by atoms with Crippen LogP contribution in [0.5, 0.6) is 5.75 Å². The lowest BCUT2D eigenvalue weighted by atomic mass is 9.52. The van der Waals surface area contributed by atoms with Crippen molar-refractivity contribution in [2.75, 3.05) is 32.7 Å². The second kappa shape index (κ2) is 8.37. The number of hydrogen-bond acceptors (Lipinski definition) is 5. The summed E-state index contributed by atoms with van der Waals surface area (Å²) in [5.74, 6) is 1.17. The molecule has 6 rings (SSSR count). The first-order chi connectivity index (χ1) is 16.1. The van der Waals surface area contributed by atoms with Crippen molar-refractivity contribution in [1.29, 1.82) is 0 Å². The van der Waals surface area contributed by atoms with E-state index in [1.807, 2.05) is 24.5 Å². The molecule has 2 aliphatic carbocycles. The molecule has 4 aliphatic rings. The number of nitrogens with zero attached hydrogens (tertiary/aromatic N) is 3. The van der Waals surface area contributed by atoms with E-state index in [1.54, 1.807) is 0 Å². The van der Waals surface area contributed by atoms with Crippen LogP contribution in [0.3, 0.4) is 0 Å². The molecular formula is C28H37N3O2. The highest BCUT2D eigenvalue weighted by Crippen LogP contribution is 2.56. The van der Waals surface area contributed by atoms with E-state index in [0.29, 0.717) is 5.75 Å². The largest absolute Gasteiger partial charge is 0.508 e. The van der Waals surface area contributed by atoms with E-state index in [9.17, 15) is 10.2 Å². The van der Waals surface area contributed by atoms with Crippen LogP contribution in [0, 0.1) is 5.92 Å². The van der Waals surface area contributed by atoms with Crippen molar-refractivity contribution in [3.8, 4) is 5.75 Å². The van der Waals surface area contributed by atoms with Crippen molar-refractivity contribution >= 4 is 0 Å². The van der Waals surface area contributed by atoms with Crippen molar-refractivity contribution in [2.45, 2.75) is 68.4 Å². The van der Waals surface area contributed by atoms with Gasteiger partial charge in [-0.3, -0.25) is 9.88 Å². The van der Waals surface area contributed by atoms with Crippen molar-refractivity contribution in [1.82, 2.24) is 14.8 Å². The number of phenolic OH excluding ortho intramolecular Hbond substituents is 1. The second-order valence-electron chi connectivity index (χ2n) is 11.1. The quantitative estimate of drug-likeness (QED) is 0.710. The molecule has 33 heavy (non-hydrogen) atoms. The molecule has 176 valence electrons. The Morgan fingerprint density at radius 1 is 1.00 bits per heavy atom. The lowest BCUT2D eigenvalue weighted by Gasteiger charge is -2.61. The molecule has 3 heterocycles. The van der Waals surface area contributed by atoms with Gasteiger partial charge < -0.3 is 15.1 Å². The Bertz CT molecular complexity index is 994. The summed E-state index contributed by atoms with van der Waals surface area (Å²) in [6.07, 6.45) is 12.4. The number of aromatic hydroxyl groups is 1. The maximum Gasteiger partial charge on any atom is 0.115 e. The molecule has 5 heteroatoms. The van der Waals surface area contributed by atoms with E-state index < -0.39 is 5.60 Å². The summed E-state index contributed by atoms with van der Waals surface area (Å²) in [5.41, 5.74) is 2.95. The van der Waals surface area contributed by atoms with Crippen LogP contribution >= 0.6 is 0 Å². The highest BCUT2D eigenvalue weighted by atomic mass is 16.3. The van der Waals surface area contributed by atoms with Crippen LogP contribution in [0.2, 0.25) is 0 Å². The van der Waals surface area contributed by atoms with Crippen LogP contribution in [-0.2, 0) is 18.3 Å². The molecule has 3 unspecified atom stereocenters. The van der Waals surface area contributed by atoms with Crippen molar-refractivity contribution in [2.24, 2.45) is 5.92 Å². The SMILES string of the molecule is Oc1ccc2c(c1)C13CCN(CCCc4ccncc4)CCC1(O)C(C2)N(CC1CC1)CC3. The fourth-order valence-corrected chi connectivity index (χ4v) is 7.19. The van der Waals surface area contributed by atoms with Gasteiger partial charge in [0, 0.05) is 36.9 Å². The van der Waals surface area contributed by atoms with Gasteiger partial charge in [0.25, 0.3) is 0 Å². The third-order valence-electron chi connectivity index (χ3n) is 9.21. The minimum absolute atomic E-state index is 0.195. The molecule has 2 bridgehead atoms. The summed E-state index contributed by atoms with van der Waals surface area (Å²) in [7, 11) is 0. The molecular weight excluding hydrogens is 410 g/mol. The normalized spacial score (nSPS) is 32.1. The maximum absolute atomic E-state index is 12.5. The molecule has 1 saturated carbocycles. The van der Waals surface area contributed by atoms with Crippen molar-refractivity contribution < 1.29 is 10.2 Å². The molecule has 1 aromatic heterocycles.